The van der Waals surface area contributed by atoms with E-state index in [0.29, 0.717) is 12.3 Å². The number of sulfone groups is 1. The van der Waals surface area contributed by atoms with Gasteiger partial charge in [-0.1, -0.05) is 0 Å². The van der Waals surface area contributed by atoms with E-state index in [9.17, 15) is 12.6 Å². The van der Waals surface area contributed by atoms with Crippen molar-refractivity contribution in [3.8, 4) is 0 Å². The molecule has 98 valence electrons. The summed E-state index contributed by atoms with van der Waals surface area (Å²) < 4.78 is 42.0. The van der Waals surface area contributed by atoms with Crippen LogP contribution in [0, 0.1) is 0 Å². The SMILES string of the molecule is CC(O)(O)S(=O)(=O)/C=C/C(=C\C=C\N)S(=O)O. The third-order valence-electron chi connectivity index (χ3n) is 1.52. The molecular formula is C8H13NO6S2. The topological polar surface area (TPSA) is 138 Å². The van der Waals surface area contributed by atoms with Gasteiger partial charge in [-0.3, -0.25) is 0 Å². The molecule has 5 N–H and O–H groups in total. The van der Waals surface area contributed by atoms with Crippen LogP contribution in [0.2, 0.25) is 0 Å². The maximum Gasteiger partial charge on any atom is 0.270 e. The third kappa shape index (κ3) is 5.24. The van der Waals surface area contributed by atoms with E-state index >= 15 is 0 Å². The van der Waals surface area contributed by atoms with Crippen LogP contribution >= 0.6 is 0 Å². The van der Waals surface area contributed by atoms with Crippen LogP contribution in [0.4, 0.5) is 0 Å². The van der Waals surface area contributed by atoms with Gasteiger partial charge in [0.15, 0.2) is 11.1 Å². The van der Waals surface area contributed by atoms with Gasteiger partial charge in [-0.05, 0) is 24.4 Å². The molecule has 0 aromatic carbocycles. The van der Waals surface area contributed by atoms with Crippen LogP contribution in [0.15, 0.2) is 34.7 Å². The molecule has 0 spiro atoms. The highest BCUT2D eigenvalue weighted by Crippen LogP contribution is 2.13. The maximum atomic E-state index is 11.2. The molecule has 1 atom stereocenters. The van der Waals surface area contributed by atoms with Crippen molar-refractivity contribution in [2.75, 3.05) is 0 Å². The number of rotatable bonds is 5. The minimum atomic E-state index is -4.36. The van der Waals surface area contributed by atoms with Crippen LogP contribution in [0.3, 0.4) is 0 Å². The predicted molar refractivity (Wildman–Crippen MR) is 63.1 cm³/mol. The van der Waals surface area contributed by atoms with E-state index in [-0.39, 0.29) is 4.91 Å². The number of nitrogens with two attached hydrogens (primary N) is 1. The van der Waals surface area contributed by atoms with E-state index in [0.717, 1.165) is 18.4 Å². The van der Waals surface area contributed by atoms with Crippen LogP contribution < -0.4 is 5.73 Å². The van der Waals surface area contributed by atoms with Gasteiger partial charge in [-0.15, -0.1) is 0 Å². The van der Waals surface area contributed by atoms with Crippen molar-refractivity contribution in [3.05, 3.63) is 34.7 Å². The Bertz CT molecular complexity index is 469. The zero-order valence-electron chi connectivity index (χ0n) is 8.85. The predicted octanol–water partition coefficient (Wildman–Crippen LogP) is -0.849. The molecular weight excluding hydrogens is 270 g/mol. The summed E-state index contributed by atoms with van der Waals surface area (Å²) in [4.78, 5) is -0.264. The first-order valence-electron chi connectivity index (χ1n) is 4.18. The normalized spacial score (nSPS) is 16.8. The Kier molecular flexibility index (Phi) is 5.72. The second-order valence-corrected chi connectivity index (χ2v) is 6.09. The largest absolute Gasteiger partial charge is 0.405 e. The molecule has 0 radical (unpaired) electrons. The molecule has 0 bridgehead atoms. The molecule has 0 saturated heterocycles. The van der Waals surface area contributed by atoms with E-state index in [1.54, 1.807) is 0 Å². The zero-order valence-corrected chi connectivity index (χ0v) is 10.5. The van der Waals surface area contributed by atoms with Gasteiger partial charge < -0.3 is 20.5 Å². The van der Waals surface area contributed by atoms with Gasteiger partial charge in [-0.2, -0.15) is 0 Å². The minimum Gasteiger partial charge on any atom is -0.405 e. The van der Waals surface area contributed by atoms with Crippen molar-refractivity contribution in [1.29, 1.82) is 0 Å². The molecule has 0 aliphatic heterocycles. The first-order chi connectivity index (χ1) is 7.62. The first-order valence-corrected chi connectivity index (χ1v) is 6.84. The second-order valence-electron chi connectivity index (χ2n) is 2.98. The van der Waals surface area contributed by atoms with Crippen molar-refractivity contribution in [3.63, 3.8) is 0 Å². The first kappa shape index (κ1) is 16.0. The Hall–Kier alpha value is -1.00. The third-order valence-corrected chi connectivity index (χ3v) is 3.77. The van der Waals surface area contributed by atoms with Crippen LogP contribution in [-0.2, 0) is 20.9 Å². The van der Waals surface area contributed by atoms with Crippen molar-refractivity contribution >= 4 is 20.9 Å². The van der Waals surface area contributed by atoms with Gasteiger partial charge in [0.25, 0.3) is 5.12 Å². The molecule has 17 heavy (non-hydrogen) atoms. The van der Waals surface area contributed by atoms with E-state index in [2.05, 4.69) is 0 Å². The molecule has 0 fully saturated rings. The average Bonchev–Trinajstić information content (AvgIpc) is 2.15. The van der Waals surface area contributed by atoms with E-state index in [4.69, 9.17) is 20.5 Å². The van der Waals surface area contributed by atoms with Gasteiger partial charge in [0.05, 0.1) is 4.91 Å². The van der Waals surface area contributed by atoms with Crippen molar-refractivity contribution in [2.24, 2.45) is 5.73 Å². The lowest BCUT2D eigenvalue weighted by molar-refractivity contribution is -0.0670. The molecule has 1 unspecified atom stereocenters. The lowest BCUT2D eigenvalue weighted by Gasteiger charge is -2.12. The number of aliphatic hydroxyl groups is 2. The van der Waals surface area contributed by atoms with Crippen LogP contribution in [0.5, 0.6) is 0 Å². The molecule has 0 aromatic heterocycles. The van der Waals surface area contributed by atoms with Gasteiger partial charge in [0.1, 0.15) is 0 Å². The molecule has 0 heterocycles. The monoisotopic (exact) mass is 283 g/mol. The molecule has 0 rings (SSSR count). The number of hydrogen-bond acceptors (Lipinski definition) is 6. The molecule has 7 nitrogen and oxygen atoms in total. The highest BCUT2D eigenvalue weighted by atomic mass is 32.2. The lowest BCUT2D eigenvalue weighted by atomic mass is 10.4. The van der Waals surface area contributed by atoms with E-state index in [1.807, 2.05) is 0 Å². The summed E-state index contributed by atoms with van der Waals surface area (Å²) in [7, 11) is -4.36. The highest BCUT2D eigenvalue weighted by molar-refractivity contribution is 7.95. The van der Waals surface area contributed by atoms with Gasteiger partial charge in [0, 0.05) is 12.3 Å². The van der Waals surface area contributed by atoms with Crippen LogP contribution in [0.25, 0.3) is 0 Å². The smallest absolute Gasteiger partial charge is 0.270 e. The Balaban J connectivity index is 5.24. The van der Waals surface area contributed by atoms with Gasteiger partial charge >= 0.3 is 0 Å². The van der Waals surface area contributed by atoms with E-state index in [1.165, 1.54) is 6.08 Å². The Morgan fingerprint density at radius 3 is 2.29 bits per heavy atom. The fourth-order valence-electron chi connectivity index (χ4n) is 0.608. The Labute approximate surface area is 101 Å². The molecule has 0 saturated carbocycles. The van der Waals surface area contributed by atoms with Crippen molar-refractivity contribution in [2.45, 2.75) is 12.0 Å². The summed E-state index contributed by atoms with van der Waals surface area (Å²) >= 11 is -2.43. The highest BCUT2D eigenvalue weighted by Gasteiger charge is 2.31. The van der Waals surface area contributed by atoms with Crippen LogP contribution in [0.1, 0.15) is 6.92 Å². The summed E-state index contributed by atoms with van der Waals surface area (Å²) in [5.74, 6) is 0. The summed E-state index contributed by atoms with van der Waals surface area (Å²) in [6, 6.07) is 0. The minimum absolute atomic E-state index is 0.264. The summed E-state index contributed by atoms with van der Waals surface area (Å²) in [6.45, 7) is 0.658. The zero-order chi connectivity index (χ0) is 13.7. The Morgan fingerprint density at radius 2 is 1.94 bits per heavy atom. The van der Waals surface area contributed by atoms with Crippen molar-refractivity contribution in [1.82, 2.24) is 0 Å². The second kappa shape index (κ2) is 6.07. The number of hydrogen-bond donors (Lipinski definition) is 4. The average molecular weight is 283 g/mol. The molecule has 0 amide bonds. The fraction of sp³-hybridized carbons (Fsp3) is 0.250. The molecule has 0 aliphatic rings. The molecule has 9 heteroatoms. The van der Waals surface area contributed by atoms with Gasteiger partial charge in [0.2, 0.25) is 9.84 Å². The summed E-state index contributed by atoms with van der Waals surface area (Å²) in [6.07, 6.45) is 4.18. The standard InChI is InChI=1S/C8H13NO6S2/c1-8(10,11)17(14,15)6-4-7(16(12)13)3-2-5-9/h2-6,10-11H,9H2,1H3,(H,12,13)/b5-2+,6-4+,7-3+. The number of allylic oxidation sites excluding steroid dienone is 3. The van der Waals surface area contributed by atoms with E-state index < -0.39 is 26.0 Å². The lowest BCUT2D eigenvalue weighted by Crippen LogP contribution is -2.32. The quantitative estimate of drug-likeness (QED) is 0.293. The van der Waals surface area contributed by atoms with Crippen molar-refractivity contribution < 1.29 is 27.4 Å². The molecule has 0 aromatic rings. The summed E-state index contributed by atoms with van der Waals surface area (Å²) in [5, 5.41) is 15.3. The van der Waals surface area contributed by atoms with Gasteiger partial charge in [-0.25, -0.2) is 12.6 Å². The maximum absolute atomic E-state index is 11.2. The van der Waals surface area contributed by atoms with Crippen LogP contribution in [-0.4, -0.2) is 32.5 Å². The Morgan fingerprint density at radius 1 is 1.41 bits per heavy atom. The fourth-order valence-corrected chi connectivity index (χ4v) is 1.66. The summed E-state index contributed by atoms with van der Waals surface area (Å²) in [5.41, 5.74) is 5.00. The molecule has 0 aliphatic carbocycles.